The van der Waals surface area contributed by atoms with Gasteiger partial charge in [-0.1, -0.05) is 13.8 Å². The molecule has 11 heteroatoms. The number of anilines is 2. The van der Waals surface area contributed by atoms with Crippen LogP contribution in [0, 0.1) is 0 Å². The SMILES string of the molecule is CCN(CC)CCNC(=O)c1ccc(NC(=O)Nc2csc(Oc3ccc4c(c3)OCO4)c2)cc1OC. The topological polar surface area (TPSA) is 110 Å². The first-order chi connectivity index (χ1) is 18.0. The van der Waals surface area contributed by atoms with E-state index in [1.54, 1.807) is 47.8 Å². The van der Waals surface area contributed by atoms with Gasteiger partial charge in [0, 0.05) is 42.4 Å². The third-order valence-electron chi connectivity index (χ3n) is 5.71. The van der Waals surface area contributed by atoms with Crippen molar-refractivity contribution in [3.63, 3.8) is 0 Å². The number of nitrogens with zero attached hydrogens (tertiary/aromatic N) is 1. The van der Waals surface area contributed by atoms with Gasteiger partial charge in [-0.25, -0.2) is 4.79 Å². The highest BCUT2D eigenvalue weighted by atomic mass is 32.1. The first-order valence-corrected chi connectivity index (χ1v) is 12.8. The number of nitrogens with one attached hydrogen (secondary N) is 3. The molecule has 1 aliphatic rings. The molecule has 1 aromatic heterocycles. The van der Waals surface area contributed by atoms with Crippen LogP contribution in [0.4, 0.5) is 16.2 Å². The molecule has 3 N–H and O–H groups in total. The zero-order valence-corrected chi connectivity index (χ0v) is 21.8. The molecule has 0 aliphatic carbocycles. The van der Waals surface area contributed by atoms with Crippen LogP contribution < -0.4 is 34.9 Å². The zero-order valence-electron chi connectivity index (χ0n) is 21.0. The summed E-state index contributed by atoms with van der Waals surface area (Å²) in [5.41, 5.74) is 1.46. The van der Waals surface area contributed by atoms with Crippen molar-refractivity contribution in [3.05, 3.63) is 53.4 Å². The van der Waals surface area contributed by atoms with Gasteiger partial charge in [-0.3, -0.25) is 4.79 Å². The van der Waals surface area contributed by atoms with Gasteiger partial charge in [-0.15, -0.1) is 11.3 Å². The smallest absolute Gasteiger partial charge is 0.323 e. The number of carbonyl (C=O) groups is 2. The van der Waals surface area contributed by atoms with E-state index in [2.05, 4.69) is 34.7 Å². The lowest BCUT2D eigenvalue weighted by Crippen LogP contribution is -2.34. The van der Waals surface area contributed by atoms with E-state index in [-0.39, 0.29) is 12.7 Å². The highest BCUT2D eigenvalue weighted by Gasteiger charge is 2.16. The number of ether oxygens (including phenoxy) is 4. The Labute approximate surface area is 219 Å². The predicted octanol–water partition coefficient (Wildman–Crippen LogP) is 4.99. The Balaban J connectivity index is 1.31. The average Bonchev–Trinajstić information content (AvgIpc) is 3.55. The Kier molecular flexibility index (Phi) is 8.70. The summed E-state index contributed by atoms with van der Waals surface area (Å²) in [6.07, 6.45) is 0. The Hall–Kier alpha value is -3.96. The maximum absolute atomic E-state index is 12.6. The number of methoxy groups -OCH3 is 1. The van der Waals surface area contributed by atoms with Crippen molar-refractivity contribution in [2.75, 3.05) is 50.7 Å². The maximum atomic E-state index is 12.6. The summed E-state index contributed by atoms with van der Waals surface area (Å²) < 4.78 is 21.9. The van der Waals surface area contributed by atoms with Crippen LogP contribution in [0.15, 0.2) is 47.8 Å². The van der Waals surface area contributed by atoms with E-state index in [9.17, 15) is 9.59 Å². The van der Waals surface area contributed by atoms with Gasteiger partial charge >= 0.3 is 6.03 Å². The molecule has 0 spiro atoms. The van der Waals surface area contributed by atoms with E-state index in [1.165, 1.54) is 18.4 Å². The lowest BCUT2D eigenvalue weighted by atomic mass is 10.1. The van der Waals surface area contributed by atoms with Gasteiger partial charge in [0.15, 0.2) is 16.6 Å². The monoisotopic (exact) mass is 526 g/mol. The van der Waals surface area contributed by atoms with Gasteiger partial charge in [0.25, 0.3) is 5.91 Å². The predicted molar refractivity (Wildman–Crippen MR) is 143 cm³/mol. The normalized spacial score (nSPS) is 11.8. The standard InChI is InChI=1S/C26H30N4O6S/c1-4-30(5-2)11-10-27-25(31)20-8-6-17(12-22(20)33-3)28-26(32)29-18-13-24(37-15-18)36-19-7-9-21-23(14-19)35-16-34-21/h6-9,12-15H,4-5,10-11,16H2,1-3H3,(H,27,31)(H2,28,29,32). The molecule has 3 aromatic rings. The van der Waals surface area contributed by atoms with Gasteiger partial charge in [0.1, 0.15) is 11.5 Å². The quantitative estimate of drug-likeness (QED) is 0.323. The number of fused-ring (bicyclic) bond motifs is 1. The van der Waals surface area contributed by atoms with Gasteiger partial charge in [-0.2, -0.15) is 0 Å². The molecule has 4 rings (SSSR count). The summed E-state index contributed by atoms with van der Waals surface area (Å²) in [7, 11) is 1.49. The maximum Gasteiger partial charge on any atom is 0.323 e. The lowest BCUT2D eigenvalue weighted by Gasteiger charge is -2.18. The number of likely N-dealkylation sites (N-methyl/N-ethyl adjacent to an activating group) is 1. The molecule has 0 saturated carbocycles. The fourth-order valence-corrected chi connectivity index (χ4v) is 4.41. The van der Waals surface area contributed by atoms with E-state index in [0.29, 0.717) is 51.5 Å². The molecule has 0 unspecified atom stereocenters. The van der Waals surface area contributed by atoms with Crippen molar-refractivity contribution >= 4 is 34.6 Å². The molecule has 0 radical (unpaired) electrons. The van der Waals surface area contributed by atoms with Crippen molar-refractivity contribution in [1.82, 2.24) is 10.2 Å². The molecule has 3 amide bonds. The Bertz CT molecular complexity index is 1240. The molecule has 2 heterocycles. The molecular weight excluding hydrogens is 496 g/mol. The van der Waals surface area contributed by atoms with E-state index in [0.717, 1.165) is 19.6 Å². The van der Waals surface area contributed by atoms with Crippen molar-refractivity contribution < 1.29 is 28.5 Å². The van der Waals surface area contributed by atoms with Crippen LogP contribution >= 0.6 is 11.3 Å². The molecule has 196 valence electrons. The number of hydrogen-bond donors (Lipinski definition) is 3. The minimum Gasteiger partial charge on any atom is -0.496 e. The summed E-state index contributed by atoms with van der Waals surface area (Å²) >= 11 is 1.34. The largest absolute Gasteiger partial charge is 0.496 e. The van der Waals surface area contributed by atoms with Gasteiger partial charge in [0.05, 0.1) is 18.4 Å². The van der Waals surface area contributed by atoms with Crippen molar-refractivity contribution in [2.45, 2.75) is 13.8 Å². The second-order valence-corrected chi connectivity index (χ2v) is 8.92. The number of urea groups is 1. The first kappa shape index (κ1) is 26.1. The number of carbonyl (C=O) groups excluding carboxylic acids is 2. The fraction of sp³-hybridized carbons (Fsp3) is 0.308. The number of rotatable bonds is 11. The zero-order chi connectivity index (χ0) is 26.2. The highest BCUT2D eigenvalue weighted by Crippen LogP contribution is 2.38. The van der Waals surface area contributed by atoms with Crippen LogP contribution in [0.3, 0.4) is 0 Å². The summed E-state index contributed by atoms with van der Waals surface area (Å²) in [6, 6.07) is 11.5. The molecule has 0 atom stereocenters. The molecule has 1 aliphatic heterocycles. The van der Waals surface area contributed by atoms with E-state index >= 15 is 0 Å². The van der Waals surface area contributed by atoms with Crippen LogP contribution in [-0.2, 0) is 0 Å². The Morgan fingerprint density at radius 3 is 2.57 bits per heavy atom. The van der Waals surface area contributed by atoms with Crippen LogP contribution in [-0.4, -0.2) is 56.9 Å². The third kappa shape index (κ3) is 6.83. The fourth-order valence-electron chi connectivity index (χ4n) is 3.70. The summed E-state index contributed by atoms with van der Waals surface area (Å²) in [4.78, 5) is 27.4. The second-order valence-electron chi connectivity index (χ2n) is 8.05. The third-order valence-corrected chi connectivity index (χ3v) is 6.51. The Morgan fingerprint density at radius 2 is 1.78 bits per heavy atom. The molecule has 2 aromatic carbocycles. The molecule has 37 heavy (non-hydrogen) atoms. The Morgan fingerprint density at radius 1 is 1.00 bits per heavy atom. The molecular formula is C26H30N4O6S. The van der Waals surface area contributed by atoms with Crippen molar-refractivity contribution in [3.8, 4) is 28.1 Å². The number of hydrogen-bond acceptors (Lipinski definition) is 8. The summed E-state index contributed by atoms with van der Waals surface area (Å²) in [5, 5.41) is 10.8. The molecule has 0 saturated heterocycles. The average molecular weight is 527 g/mol. The molecule has 0 bridgehead atoms. The van der Waals surface area contributed by atoms with E-state index in [4.69, 9.17) is 18.9 Å². The number of amides is 3. The first-order valence-electron chi connectivity index (χ1n) is 11.9. The minimum absolute atomic E-state index is 0.194. The minimum atomic E-state index is -0.439. The highest BCUT2D eigenvalue weighted by molar-refractivity contribution is 7.12. The van der Waals surface area contributed by atoms with Gasteiger partial charge in [-0.05, 0) is 37.4 Å². The summed E-state index contributed by atoms with van der Waals surface area (Å²) in [5.74, 6) is 2.05. The van der Waals surface area contributed by atoms with Crippen LogP contribution in [0.25, 0.3) is 0 Å². The van der Waals surface area contributed by atoms with E-state index < -0.39 is 6.03 Å². The number of benzene rings is 2. The van der Waals surface area contributed by atoms with Crippen molar-refractivity contribution in [2.24, 2.45) is 0 Å². The van der Waals surface area contributed by atoms with E-state index in [1.807, 2.05) is 0 Å². The van der Waals surface area contributed by atoms with Crippen LogP contribution in [0.2, 0.25) is 0 Å². The lowest BCUT2D eigenvalue weighted by molar-refractivity contribution is 0.0946. The summed E-state index contributed by atoms with van der Waals surface area (Å²) in [6.45, 7) is 7.53. The van der Waals surface area contributed by atoms with Gasteiger partial charge in [0.2, 0.25) is 6.79 Å². The second kappa shape index (κ2) is 12.3. The number of thiophene rings is 1. The molecule has 10 nitrogen and oxygen atoms in total. The van der Waals surface area contributed by atoms with Crippen LogP contribution in [0.5, 0.6) is 28.1 Å². The van der Waals surface area contributed by atoms with Gasteiger partial charge < -0.3 is 39.8 Å². The van der Waals surface area contributed by atoms with Crippen LogP contribution in [0.1, 0.15) is 24.2 Å². The molecule has 0 fully saturated rings. The van der Waals surface area contributed by atoms with Crippen molar-refractivity contribution in [1.29, 1.82) is 0 Å².